The van der Waals surface area contributed by atoms with Crippen LogP contribution in [-0.2, 0) is 9.59 Å². The Kier molecular flexibility index (Phi) is 5.75. The molecule has 1 unspecified atom stereocenters. The second kappa shape index (κ2) is 7.59. The molecule has 2 amide bonds. The van der Waals surface area contributed by atoms with E-state index >= 15 is 0 Å². The quantitative estimate of drug-likeness (QED) is 0.729. The minimum atomic E-state index is -1.06. The third-order valence-corrected chi connectivity index (χ3v) is 4.90. The van der Waals surface area contributed by atoms with Crippen LogP contribution in [0, 0.1) is 5.92 Å². The fraction of sp³-hybridized carbons (Fsp3) is 0.333. The van der Waals surface area contributed by atoms with Crippen molar-refractivity contribution in [1.29, 1.82) is 0 Å². The van der Waals surface area contributed by atoms with Crippen LogP contribution in [0.4, 0.5) is 5.69 Å². The number of carbonyl (C=O) groups excluding carboxylic acids is 2. The van der Waals surface area contributed by atoms with E-state index in [0.717, 1.165) is 10.4 Å². The van der Waals surface area contributed by atoms with Crippen molar-refractivity contribution in [2.45, 2.75) is 26.4 Å². The summed E-state index contributed by atoms with van der Waals surface area (Å²) in [7, 11) is 0. The predicted molar refractivity (Wildman–Crippen MR) is 96.9 cm³/mol. The van der Waals surface area contributed by atoms with E-state index in [1.807, 2.05) is 49.6 Å². The van der Waals surface area contributed by atoms with Gasteiger partial charge in [0.2, 0.25) is 0 Å². The monoisotopic (exact) mass is 346 g/mol. The van der Waals surface area contributed by atoms with Crippen LogP contribution in [0.2, 0.25) is 0 Å². The topological polar surface area (TPSA) is 78.4 Å². The SMILES string of the molecule is CC(C)C(C)(O)CNC(=O)C(=O)Nc1cccc(-c2cccs2)c1. The molecule has 1 aromatic carbocycles. The number of benzene rings is 1. The van der Waals surface area contributed by atoms with Gasteiger partial charge >= 0.3 is 11.8 Å². The highest BCUT2D eigenvalue weighted by Crippen LogP contribution is 2.26. The molecule has 0 fully saturated rings. The van der Waals surface area contributed by atoms with Gasteiger partial charge in [0.1, 0.15) is 0 Å². The van der Waals surface area contributed by atoms with Gasteiger partial charge in [-0.25, -0.2) is 0 Å². The fourth-order valence-corrected chi connectivity index (χ4v) is 2.65. The highest BCUT2D eigenvalue weighted by molar-refractivity contribution is 7.13. The van der Waals surface area contributed by atoms with Gasteiger partial charge in [-0.05, 0) is 42.0 Å². The first-order valence-electron chi connectivity index (χ1n) is 7.75. The summed E-state index contributed by atoms with van der Waals surface area (Å²) < 4.78 is 0. The van der Waals surface area contributed by atoms with Gasteiger partial charge < -0.3 is 15.7 Å². The van der Waals surface area contributed by atoms with Gasteiger partial charge in [-0.3, -0.25) is 9.59 Å². The molecule has 0 aliphatic rings. The van der Waals surface area contributed by atoms with Gasteiger partial charge in [0, 0.05) is 17.1 Å². The molecule has 3 N–H and O–H groups in total. The number of hydrogen-bond donors (Lipinski definition) is 3. The summed E-state index contributed by atoms with van der Waals surface area (Å²) in [4.78, 5) is 25.0. The molecule has 0 saturated heterocycles. The number of amides is 2. The van der Waals surface area contributed by atoms with Crippen molar-refractivity contribution in [3.05, 3.63) is 41.8 Å². The van der Waals surface area contributed by atoms with Gasteiger partial charge in [0.05, 0.1) is 5.60 Å². The molecule has 0 aliphatic carbocycles. The van der Waals surface area contributed by atoms with E-state index in [2.05, 4.69) is 10.6 Å². The van der Waals surface area contributed by atoms with Crippen LogP contribution < -0.4 is 10.6 Å². The third kappa shape index (κ3) is 4.66. The molecule has 0 saturated carbocycles. The lowest BCUT2D eigenvalue weighted by molar-refractivity contribution is -0.137. The van der Waals surface area contributed by atoms with E-state index < -0.39 is 17.4 Å². The lowest BCUT2D eigenvalue weighted by atomic mass is 9.92. The largest absolute Gasteiger partial charge is 0.388 e. The fourth-order valence-electron chi connectivity index (χ4n) is 1.92. The maximum atomic E-state index is 12.0. The molecule has 1 aromatic heterocycles. The summed E-state index contributed by atoms with van der Waals surface area (Å²) in [5.74, 6) is -1.56. The van der Waals surface area contributed by atoms with Crippen LogP contribution in [0.15, 0.2) is 41.8 Å². The molecule has 1 heterocycles. The number of anilines is 1. The van der Waals surface area contributed by atoms with Gasteiger partial charge in [0.25, 0.3) is 0 Å². The summed E-state index contributed by atoms with van der Waals surface area (Å²) in [6.45, 7) is 5.34. The lowest BCUT2D eigenvalue weighted by Gasteiger charge is -2.27. The maximum Gasteiger partial charge on any atom is 0.313 e. The molecule has 0 bridgehead atoms. The van der Waals surface area contributed by atoms with Crippen molar-refractivity contribution in [3.8, 4) is 10.4 Å². The smallest absolute Gasteiger partial charge is 0.313 e. The zero-order valence-electron chi connectivity index (χ0n) is 14.0. The molecule has 0 aliphatic heterocycles. The Morgan fingerprint density at radius 1 is 1.21 bits per heavy atom. The highest BCUT2D eigenvalue weighted by Gasteiger charge is 2.26. The Morgan fingerprint density at radius 3 is 2.58 bits per heavy atom. The van der Waals surface area contributed by atoms with Crippen LogP contribution in [0.25, 0.3) is 10.4 Å². The van der Waals surface area contributed by atoms with Gasteiger partial charge in [-0.15, -0.1) is 11.3 Å². The van der Waals surface area contributed by atoms with E-state index in [1.54, 1.807) is 24.3 Å². The van der Waals surface area contributed by atoms with E-state index in [1.165, 1.54) is 0 Å². The van der Waals surface area contributed by atoms with E-state index in [4.69, 9.17) is 0 Å². The van der Waals surface area contributed by atoms with Gasteiger partial charge in [-0.1, -0.05) is 32.0 Å². The zero-order valence-corrected chi connectivity index (χ0v) is 14.8. The van der Waals surface area contributed by atoms with E-state index in [0.29, 0.717) is 5.69 Å². The predicted octanol–water partition coefficient (Wildman–Crippen LogP) is 2.88. The number of hydrogen-bond acceptors (Lipinski definition) is 4. The average molecular weight is 346 g/mol. The molecule has 2 aromatic rings. The van der Waals surface area contributed by atoms with Crippen molar-refractivity contribution in [2.24, 2.45) is 5.92 Å². The number of carbonyl (C=O) groups is 2. The van der Waals surface area contributed by atoms with Crippen LogP contribution in [0.5, 0.6) is 0 Å². The van der Waals surface area contributed by atoms with Crippen molar-refractivity contribution >= 4 is 28.8 Å². The van der Waals surface area contributed by atoms with Crippen LogP contribution in [-0.4, -0.2) is 29.1 Å². The van der Waals surface area contributed by atoms with Crippen LogP contribution in [0.1, 0.15) is 20.8 Å². The zero-order chi connectivity index (χ0) is 17.7. The number of rotatable bonds is 5. The average Bonchev–Trinajstić information content (AvgIpc) is 3.07. The summed E-state index contributed by atoms with van der Waals surface area (Å²) in [6.07, 6.45) is 0. The Balaban J connectivity index is 1.97. The molecule has 0 radical (unpaired) electrons. The van der Waals surface area contributed by atoms with Crippen LogP contribution in [0.3, 0.4) is 0 Å². The summed E-state index contributed by atoms with van der Waals surface area (Å²) in [5.41, 5.74) is 0.470. The van der Waals surface area contributed by atoms with Crippen molar-refractivity contribution in [2.75, 3.05) is 11.9 Å². The first-order chi connectivity index (χ1) is 11.3. The minimum Gasteiger partial charge on any atom is -0.388 e. The van der Waals surface area contributed by atoms with E-state index in [-0.39, 0.29) is 12.5 Å². The van der Waals surface area contributed by atoms with Gasteiger partial charge in [0.15, 0.2) is 0 Å². The molecule has 6 heteroatoms. The maximum absolute atomic E-state index is 12.0. The number of thiophene rings is 1. The molecule has 128 valence electrons. The minimum absolute atomic E-state index is 0.0200. The molecule has 24 heavy (non-hydrogen) atoms. The Bertz CT molecular complexity index is 709. The summed E-state index contributed by atoms with van der Waals surface area (Å²) >= 11 is 1.60. The molecular weight excluding hydrogens is 324 g/mol. The Labute approximate surface area is 145 Å². The number of aliphatic hydroxyl groups is 1. The Morgan fingerprint density at radius 2 is 1.96 bits per heavy atom. The first-order valence-corrected chi connectivity index (χ1v) is 8.63. The molecule has 5 nitrogen and oxygen atoms in total. The highest BCUT2D eigenvalue weighted by atomic mass is 32.1. The summed E-state index contributed by atoms with van der Waals surface area (Å²) in [5, 5.41) is 17.1. The standard InChI is InChI=1S/C18H22N2O3S/c1-12(2)18(3,23)11-19-16(21)17(22)20-14-7-4-6-13(10-14)15-8-5-9-24-15/h4-10,12,23H,11H2,1-3H3,(H,19,21)(H,20,22). The van der Waals surface area contributed by atoms with Crippen LogP contribution >= 0.6 is 11.3 Å². The Hall–Kier alpha value is -2.18. The number of nitrogens with one attached hydrogen (secondary N) is 2. The van der Waals surface area contributed by atoms with Crippen molar-refractivity contribution in [1.82, 2.24) is 5.32 Å². The molecule has 2 rings (SSSR count). The van der Waals surface area contributed by atoms with Crippen molar-refractivity contribution < 1.29 is 14.7 Å². The molecule has 0 spiro atoms. The third-order valence-electron chi connectivity index (χ3n) is 3.98. The normalized spacial score (nSPS) is 13.4. The van der Waals surface area contributed by atoms with E-state index in [9.17, 15) is 14.7 Å². The molecular formula is C18H22N2O3S. The second-order valence-corrected chi connectivity index (χ2v) is 7.15. The summed E-state index contributed by atoms with van der Waals surface area (Å²) in [6, 6.07) is 11.3. The van der Waals surface area contributed by atoms with Crippen molar-refractivity contribution in [3.63, 3.8) is 0 Å². The van der Waals surface area contributed by atoms with Gasteiger partial charge in [-0.2, -0.15) is 0 Å². The molecule has 1 atom stereocenters. The first kappa shape index (κ1) is 18.2. The lowest BCUT2D eigenvalue weighted by Crippen LogP contribution is -2.47. The second-order valence-electron chi connectivity index (χ2n) is 6.21.